The smallest absolute Gasteiger partial charge is 0.219 e. The molecule has 4 heteroatoms. The molecule has 1 aromatic rings. The first-order chi connectivity index (χ1) is 5.33. The molecule has 0 aromatic carbocycles. The van der Waals surface area contributed by atoms with Crippen molar-refractivity contribution in [1.82, 2.24) is 15.2 Å². The number of nitrogen functional groups attached to an aromatic ring is 1. The molecular weight excluding hydrogens is 140 g/mol. The fourth-order valence-corrected chi connectivity index (χ4v) is 0.967. The zero-order valence-corrected chi connectivity index (χ0v) is 6.80. The molecule has 0 aliphatic rings. The number of hydrogen-bond acceptors (Lipinski definition) is 3. The molecule has 4 nitrogen and oxygen atoms in total. The van der Waals surface area contributed by atoms with Crippen LogP contribution in [0.25, 0.3) is 0 Å². The van der Waals surface area contributed by atoms with Crippen LogP contribution < -0.4 is 5.73 Å². The first-order valence-corrected chi connectivity index (χ1v) is 4.00. The molecule has 1 aromatic heterocycles. The summed E-state index contributed by atoms with van der Waals surface area (Å²) in [4.78, 5) is 2.89. The SMILES string of the molecule is CCCCCc1nnc(N)[nH]1. The molecule has 1 rings (SSSR count). The van der Waals surface area contributed by atoms with Gasteiger partial charge in [-0.25, -0.2) is 0 Å². The van der Waals surface area contributed by atoms with E-state index in [-0.39, 0.29) is 0 Å². The fourth-order valence-electron chi connectivity index (χ4n) is 0.967. The predicted molar refractivity (Wildman–Crippen MR) is 44.0 cm³/mol. The maximum absolute atomic E-state index is 5.35. The van der Waals surface area contributed by atoms with Crippen LogP contribution in [0.2, 0.25) is 0 Å². The molecular formula is C7H14N4. The second-order valence-corrected chi connectivity index (χ2v) is 2.61. The van der Waals surface area contributed by atoms with Crippen molar-refractivity contribution >= 4 is 5.95 Å². The Labute approximate surface area is 66.2 Å². The number of H-pyrrole nitrogens is 1. The van der Waals surface area contributed by atoms with E-state index in [4.69, 9.17) is 5.73 Å². The van der Waals surface area contributed by atoms with Crippen LogP contribution in [-0.2, 0) is 6.42 Å². The van der Waals surface area contributed by atoms with Crippen LogP contribution in [0.15, 0.2) is 0 Å². The van der Waals surface area contributed by atoms with Crippen LogP contribution in [0.4, 0.5) is 5.95 Å². The summed E-state index contributed by atoms with van der Waals surface area (Å²) in [5.41, 5.74) is 5.35. The van der Waals surface area contributed by atoms with Crippen molar-refractivity contribution < 1.29 is 0 Å². The van der Waals surface area contributed by atoms with E-state index < -0.39 is 0 Å². The van der Waals surface area contributed by atoms with Gasteiger partial charge in [0.15, 0.2) is 0 Å². The zero-order valence-electron chi connectivity index (χ0n) is 6.80. The Morgan fingerprint density at radius 2 is 2.18 bits per heavy atom. The number of anilines is 1. The monoisotopic (exact) mass is 154 g/mol. The van der Waals surface area contributed by atoms with Crippen LogP contribution >= 0.6 is 0 Å². The zero-order chi connectivity index (χ0) is 8.10. The number of unbranched alkanes of at least 4 members (excludes halogenated alkanes) is 2. The van der Waals surface area contributed by atoms with Crippen molar-refractivity contribution in [2.45, 2.75) is 32.6 Å². The van der Waals surface area contributed by atoms with Gasteiger partial charge in [0.2, 0.25) is 5.95 Å². The van der Waals surface area contributed by atoms with Crippen molar-refractivity contribution in [2.75, 3.05) is 5.73 Å². The van der Waals surface area contributed by atoms with Gasteiger partial charge in [0.1, 0.15) is 5.82 Å². The van der Waals surface area contributed by atoms with Gasteiger partial charge in [-0.05, 0) is 6.42 Å². The molecule has 3 N–H and O–H groups in total. The molecule has 0 radical (unpaired) electrons. The van der Waals surface area contributed by atoms with E-state index in [0.717, 1.165) is 18.7 Å². The molecule has 0 saturated heterocycles. The molecule has 0 spiro atoms. The Kier molecular flexibility index (Phi) is 2.89. The van der Waals surface area contributed by atoms with E-state index in [2.05, 4.69) is 22.1 Å². The van der Waals surface area contributed by atoms with E-state index in [1.165, 1.54) is 12.8 Å². The van der Waals surface area contributed by atoms with Gasteiger partial charge in [-0.15, -0.1) is 10.2 Å². The molecule has 62 valence electrons. The molecule has 0 bridgehead atoms. The third kappa shape index (κ3) is 2.57. The molecule has 0 saturated carbocycles. The van der Waals surface area contributed by atoms with Crippen molar-refractivity contribution in [3.05, 3.63) is 5.82 Å². The summed E-state index contributed by atoms with van der Waals surface area (Å²) in [6, 6.07) is 0. The number of nitrogens with one attached hydrogen (secondary N) is 1. The van der Waals surface area contributed by atoms with Gasteiger partial charge in [-0.2, -0.15) is 0 Å². The van der Waals surface area contributed by atoms with Crippen LogP contribution in [0.1, 0.15) is 32.0 Å². The number of hydrogen-bond donors (Lipinski definition) is 2. The standard InChI is InChI=1S/C7H14N4/c1-2-3-4-5-6-9-7(8)11-10-6/h2-5H2,1H3,(H3,8,9,10,11). The summed E-state index contributed by atoms with van der Waals surface area (Å²) in [5, 5.41) is 7.52. The second kappa shape index (κ2) is 3.95. The fraction of sp³-hybridized carbons (Fsp3) is 0.714. The molecule has 11 heavy (non-hydrogen) atoms. The minimum Gasteiger partial charge on any atom is -0.368 e. The summed E-state index contributed by atoms with van der Waals surface area (Å²) >= 11 is 0. The quantitative estimate of drug-likeness (QED) is 0.638. The lowest BCUT2D eigenvalue weighted by molar-refractivity contribution is 0.695. The Balaban J connectivity index is 2.27. The highest BCUT2D eigenvalue weighted by atomic mass is 15.3. The first-order valence-electron chi connectivity index (χ1n) is 4.00. The van der Waals surface area contributed by atoms with Gasteiger partial charge in [0.25, 0.3) is 0 Å². The van der Waals surface area contributed by atoms with Gasteiger partial charge in [0.05, 0.1) is 0 Å². The van der Waals surface area contributed by atoms with Crippen LogP contribution in [-0.4, -0.2) is 15.2 Å². The number of aromatic amines is 1. The normalized spacial score (nSPS) is 10.3. The number of nitrogens with two attached hydrogens (primary N) is 1. The van der Waals surface area contributed by atoms with Gasteiger partial charge in [-0.1, -0.05) is 19.8 Å². The summed E-state index contributed by atoms with van der Waals surface area (Å²) < 4.78 is 0. The van der Waals surface area contributed by atoms with Gasteiger partial charge in [0, 0.05) is 6.42 Å². The van der Waals surface area contributed by atoms with Crippen LogP contribution in [0, 0.1) is 0 Å². The topological polar surface area (TPSA) is 67.6 Å². The third-order valence-corrected chi connectivity index (χ3v) is 1.57. The van der Waals surface area contributed by atoms with Gasteiger partial charge < -0.3 is 10.7 Å². The van der Waals surface area contributed by atoms with E-state index in [9.17, 15) is 0 Å². The minimum atomic E-state index is 0.413. The molecule has 0 aliphatic heterocycles. The summed E-state index contributed by atoms with van der Waals surface area (Å²) in [7, 11) is 0. The van der Waals surface area contributed by atoms with E-state index in [1.54, 1.807) is 0 Å². The molecule has 1 heterocycles. The summed E-state index contributed by atoms with van der Waals surface area (Å²) in [6.45, 7) is 2.18. The molecule has 0 atom stereocenters. The maximum atomic E-state index is 5.35. The van der Waals surface area contributed by atoms with Gasteiger partial charge in [-0.3, -0.25) is 0 Å². The van der Waals surface area contributed by atoms with Crippen molar-refractivity contribution in [3.63, 3.8) is 0 Å². The lowest BCUT2D eigenvalue weighted by Gasteiger charge is -1.92. The number of rotatable bonds is 4. The van der Waals surface area contributed by atoms with Crippen molar-refractivity contribution in [3.8, 4) is 0 Å². The average Bonchev–Trinajstić information content (AvgIpc) is 2.37. The lowest BCUT2D eigenvalue weighted by atomic mass is 10.2. The highest BCUT2D eigenvalue weighted by molar-refractivity contribution is 5.12. The van der Waals surface area contributed by atoms with Gasteiger partial charge >= 0.3 is 0 Å². The average molecular weight is 154 g/mol. The summed E-state index contributed by atoms with van der Waals surface area (Å²) in [5.74, 6) is 1.31. The molecule has 0 fully saturated rings. The Hall–Kier alpha value is -1.06. The van der Waals surface area contributed by atoms with Crippen molar-refractivity contribution in [2.24, 2.45) is 0 Å². The third-order valence-electron chi connectivity index (χ3n) is 1.57. The van der Waals surface area contributed by atoms with E-state index in [1.807, 2.05) is 0 Å². The minimum absolute atomic E-state index is 0.413. The Bertz CT molecular complexity index is 206. The van der Waals surface area contributed by atoms with Crippen LogP contribution in [0.3, 0.4) is 0 Å². The van der Waals surface area contributed by atoms with Crippen LogP contribution in [0.5, 0.6) is 0 Å². The number of aryl methyl sites for hydroxylation is 1. The van der Waals surface area contributed by atoms with Crippen molar-refractivity contribution in [1.29, 1.82) is 0 Å². The lowest BCUT2D eigenvalue weighted by Crippen LogP contribution is -1.89. The maximum Gasteiger partial charge on any atom is 0.219 e. The Morgan fingerprint density at radius 1 is 1.36 bits per heavy atom. The number of aromatic nitrogens is 3. The van der Waals surface area contributed by atoms with E-state index in [0.29, 0.717) is 5.95 Å². The highest BCUT2D eigenvalue weighted by Gasteiger charge is 1.97. The molecule has 0 amide bonds. The summed E-state index contributed by atoms with van der Waals surface area (Å²) in [6.07, 6.45) is 4.58. The predicted octanol–water partition coefficient (Wildman–Crippen LogP) is 1.12. The number of nitrogens with zero attached hydrogens (tertiary/aromatic N) is 2. The molecule has 0 aliphatic carbocycles. The second-order valence-electron chi connectivity index (χ2n) is 2.61. The largest absolute Gasteiger partial charge is 0.368 e. The van der Waals surface area contributed by atoms with E-state index >= 15 is 0 Å². The first kappa shape index (κ1) is 8.04. The molecule has 0 unspecified atom stereocenters. The highest BCUT2D eigenvalue weighted by Crippen LogP contribution is 2.01. The Morgan fingerprint density at radius 3 is 2.73 bits per heavy atom.